The van der Waals surface area contributed by atoms with Crippen LogP contribution in [0, 0.1) is 13.8 Å². The van der Waals surface area contributed by atoms with Crippen molar-refractivity contribution in [1.82, 2.24) is 14.5 Å². The van der Waals surface area contributed by atoms with Gasteiger partial charge in [0.15, 0.2) is 6.17 Å². The molecule has 1 unspecified atom stereocenters. The van der Waals surface area contributed by atoms with Crippen molar-refractivity contribution in [2.45, 2.75) is 20.0 Å². The molecule has 8 heteroatoms. The average molecular weight is 381 g/mol. The first-order valence-corrected chi connectivity index (χ1v) is 8.77. The van der Waals surface area contributed by atoms with Gasteiger partial charge >= 0.3 is 0 Å². The highest BCUT2D eigenvalue weighted by Gasteiger charge is 2.25. The Morgan fingerprint density at radius 2 is 2.07 bits per heavy atom. The van der Waals surface area contributed by atoms with Gasteiger partial charge in [-0.2, -0.15) is 0 Å². The molecular formula is C19H17ClN6O. The van der Waals surface area contributed by atoms with Gasteiger partial charge in [-0.25, -0.2) is 9.98 Å². The summed E-state index contributed by atoms with van der Waals surface area (Å²) in [5, 5.41) is 6.95. The standard InChI is InChI=1S/C19H17ClN6O/c1-11-5-6-14(9-15(11)20)23-18-24-17(13-4-3-7-21-10-13)26-16(27)8-12(2)22-19(26)25-18/h3-10,17H,1-2H3,(H2,22,23,24,25). The molecule has 3 aromatic rings. The Bertz CT molecular complexity index is 1090. The van der Waals surface area contributed by atoms with Gasteiger partial charge in [-0.1, -0.05) is 23.7 Å². The number of aryl methyl sites for hydroxylation is 2. The Kier molecular flexibility index (Phi) is 4.37. The zero-order chi connectivity index (χ0) is 19.0. The van der Waals surface area contributed by atoms with Crippen molar-refractivity contribution in [1.29, 1.82) is 0 Å². The van der Waals surface area contributed by atoms with Crippen LogP contribution in [0.3, 0.4) is 0 Å². The highest BCUT2D eigenvalue weighted by atomic mass is 35.5. The molecule has 136 valence electrons. The zero-order valence-corrected chi connectivity index (χ0v) is 15.5. The van der Waals surface area contributed by atoms with E-state index >= 15 is 0 Å². The molecule has 0 radical (unpaired) electrons. The van der Waals surface area contributed by atoms with Crippen molar-refractivity contribution in [3.8, 4) is 0 Å². The summed E-state index contributed by atoms with van der Waals surface area (Å²) in [6.07, 6.45) is 2.80. The molecule has 0 aliphatic carbocycles. The lowest BCUT2D eigenvalue weighted by atomic mass is 10.2. The number of aliphatic imine (C=N–C) groups is 1. The van der Waals surface area contributed by atoms with Gasteiger partial charge in [0.1, 0.15) is 0 Å². The third kappa shape index (κ3) is 3.41. The number of pyridine rings is 1. The first-order chi connectivity index (χ1) is 13.0. The van der Waals surface area contributed by atoms with Gasteiger partial charge in [0, 0.05) is 40.4 Å². The second-order valence-electron chi connectivity index (χ2n) is 6.28. The number of halogens is 1. The summed E-state index contributed by atoms with van der Waals surface area (Å²) in [4.78, 5) is 25.8. The van der Waals surface area contributed by atoms with E-state index in [-0.39, 0.29) is 5.56 Å². The van der Waals surface area contributed by atoms with E-state index in [4.69, 9.17) is 11.6 Å². The van der Waals surface area contributed by atoms with Gasteiger partial charge in [0.05, 0.1) is 0 Å². The summed E-state index contributed by atoms with van der Waals surface area (Å²) >= 11 is 6.21. The summed E-state index contributed by atoms with van der Waals surface area (Å²) in [5.41, 5.74) is 3.01. The fourth-order valence-electron chi connectivity index (χ4n) is 2.87. The molecule has 0 fully saturated rings. The van der Waals surface area contributed by atoms with Crippen LogP contribution >= 0.6 is 11.6 Å². The second kappa shape index (κ2) is 6.85. The maximum absolute atomic E-state index is 12.6. The molecule has 4 rings (SSSR count). The first kappa shape index (κ1) is 17.2. The minimum absolute atomic E-state index is 0.181. The van der Waals surface area contributed by atoms with Crippen molar-refractivity contribution < 1.29 is 0 Å². The molecule has 0 amide bonds. The molecule has 7 nitrogen and oxygen atoms in total. The van der Waals surface area contributed by atoms with Gasteiger partial charge in [-0.15, -0.1) is 0 Å². The van der Waals surface area contributed by atoms with Gasteiger partial charge in [0.25, 0.3) is 5.56 Å². The molecule has 1 aliphatic rings. The summed E-state index contributed by atoms with van der Waals surface area (Å²) < 4.78 is 1.51. The molecule has 2 aromatic heterocycles. The van der Waals surface area contributed by atoms with E-state index in [2.05, 4.69) is 25.6 Å². The van der Waals surface area contributed by atoms with Crippen LogP contribution in [-0.2, 0) is 0 Å². The van der Waals surface area contributed by atoms with E-state index in [1.807, 2.05) is 37.3 Å². The van der Waals surface area contributed by atoms with Crippen LogP contribution in [0.4, 0.5) is 11.6 Å². The topological polar surface area (TPSA) is 84.2 Å². The van der Waals surface area contributed by atoms with Crippen LogP contribution in [0.5, 0.6) is 0 Å². The van der Waals surface area contributed by atoms with E-state index < -0.39 is 6.17 Å². The van der Waals surface area contributed by atoms with Crippen molar-refractivity contribution in [2.75, 3.05) is 10.6 Å². The molecule has 0 saturated carbocycles. The van der Waals surface area contributed by atoms with Crippen molar-refractivity contribution >= 4 is 29.2 Å². The maximum Gasteiger partial charge on any atom is 0.257 e. The third-order valence-corrected chi connectivity index (χ3v) is 4.63. The number of anilines is 2. The van der Waals surface area contributed by atoms with E-state index in [1.165, 1.54) is 10.6 Å². The van der Waals surface area contributed by atoms with Crippen molar-refractivity contribution in [3.63, 3.8) is 0 Å². The van der Waals surface area contributed by atoms with Crippen LogP contribution in [-0.4, -0.2) is 20.5 Å². The van der Waals surface area contributed by atoms with Crippen LogP contribution in [0.25, 0.3) is 0 Å². The number of rotatable bonds is 2. The molecule has 1 atom stereocenters. The van der Waals surface area contributed by atoms with Crippen LogP contribution in [0.2, 0.25) is 5.02 Å². The van der Waals surface area contributed by atoms with E-state index in [0.717, 1.165) is 16.8 Å². The number of guanidine groups is 1. The van der Waals surface area contributed by atoms with Gasteiger partial charge < -0.3 is 5.32 Å². The Morgan fingerprint density at radius 3 is 2.81 bits per heavy atom. The quantitative estimate of drug-likeness (QED) is 0.712. The maximum atomic E-state index is 12.6. The smallest absolute Gasteiger partial charge is 0.257 e. The average Bonchev–Trinajstić information content (AvgIpc) is 2.64. The van der Waals surface area contributed by atoms with Crippen LogP contribution in [0.1, 0.15) is 23.0 Å². The Labute approximate surface area is 160 Å². The van der Waals surface area contributed by atoms with Crippen molar-refractivity contribution in [2.24, 2.45) is 4.99 Å². The SMILES string of the molecule is Cc1cc(=O)n2c(n1)NC(Nc1ccc(C)c(Cl)c1)=NC2c1cccnc1. The second-order valence-corrected chi connectivity index (χ2v) is 6.69. The normalized spacial score (nSPS) is 15.5. The fourth-order valence-corrected chi connectivity index (χ4v) is 3.05. The largest absolute Gasteiger partial charge is 0.326 e. The number of nitrogens with zero attached hydrogens (tertiary/aromatic N) is 4. The predicted molar refractivity (Wildman–Crippen MR) is 106 cm³/mol. The van der Waals surface area contributed by atoms with E-state index in [1.54, 1.807) is 19.3 Å². The number of fused-ring (bicyclic) bond motifs is 1. The number of nitrogens with one attached hydrogen (secondary N) is 2. The Morgan fingerprint density at radius 1 is 1.22 bits per heavy atom. The molecule has 0 spiro atoms. The summed E-state index contributed by atoms with van der Waals surface area (Å²) in [6, 6.07) is 10.8. The minimum Gasteiger partial charge on any atom is -0.326 e. The minimum atomic E-state index is -0.570. The summed E-state index contributed by atoms with van der Waals surface area (Å²) in [5.74, 6) is 0.894. The molecule has 0 saturated heterocycles. The highest BCUT2D eigenvalue weighted by molar-refractivity contribution is 6.31. The Hall–Kier alpha value is -3.19. The highest BCUT2D eigenvalue weighted by Crippen LogP contribution is 2.26. The zero-order valence-electron chi connectivity index (χ0n) is 14.8. The molecule has 2 N–H and O–H groups in total. The van der Waals surface area contributed by atoms with Gasteiger partial charge in [-0.05, 0) is 37.6 Å². The van der Waals surface area contributed by atoms with Crippen LogP contribution < -0.4 is 16.2 Å². The number of benzene rings is 1. The van der Waals surface area contributed by atoms with E-state index in [9.17, 15) is 4.79 Å². The predicted octanol–water partition coefficient (Wildman–Crippen LogP) is 3.35. The number of hydrogen-bond acceptors (Lipinski definition) is 6. The molecule has 1 aromatic carbocycles. The van der Waals surface area contributed by atoms with Crippen molar-refractivity contribution in [3.05, 3.63) is 81.0 Å². The lowest BCUT2D eigenvalue weighted by Crippen LogP contribution is -2.37. The molecule has 3 heterocycles. The third-order valence-electron chi connectivity index (χ3n) is 4.22. The lowest BCUT2D eigenvalue weighted by molar-refractivity contribution is 0.575. The molecule has 27 heavy (non-hydrogen) atoms. The molecule has 0 bridgehead atoms. The molecular weight excluding hydrogens is 364 g/mol. The molecule has 1 aliphatic heterocycles. The monoisotopic (exact) mass is 380 g/mol. The van der Waals surface area contributed by atoms with Gasteiger partial charge in [-0.3, -0.25) is 19.7 Å². The summed E-state index contributed by atoms with van der Waals surface area (Å²) in [7, 11) is 0. The Balaban J connectivity index is 1.78. The van der Waals surface area contributed by atoms with Crippen LogP contribution in [0.15, 0.2) is 58.6 Å². The summed E-state index contributed by atoms with van der Waals surface area (Å²) in [6.45, 7) is 3.72. The number of hydrogen-bond donors (Lipinski definition) is 2. The number of aromatic nitrogens is 3. The fraction of sp³-hybridized carbons (Fsp3) is 0.158. The lowest BCUT2D eigenvalue weighted by Gasteiger charge is -2.26. The first-order valence-electron chi connectivity index (χ1n) is 8.39. The van der Waals surface area contributed by atoms with E-state index in [0.29, 0.717) is 22.6 Å². The van der Waals surface area contributed by atoms with Gasteiger partial charge in [0.2, 0.25) is 11.9 Å².